The molecule has 0 radical (unpaired) electrons. The number of hydrogen-bond acceptors (Lipinski definition) is 4. The number of carbonyl (C=O) groups is 1. The van der Waals surface area contributed by atoms with Gasteiger partial charge in [0.05, 0.1) is 6.54 Å². The molecule has 5 nitrogen and oxygen atoms in total. The maximum Gasteiger partial charge on any atom is 0.287 e. The van der Waals surface area contributed by atoms with Gasteiger partial charge in [0.2, 0.25) is 0 Å². The van der Waals surface area contributed by atoms with Crippen molar-refractivity contribution in [3.05, 3.63) is 23.7 Å². The van der Waals surface area contributed by atoms with Crippen LogP contribution in [0.2, 0.25) is 0 Å². The minimum absolute atomic E-state index is 0.145. The summed E-state index contributed by atoms with van der Waals surface area (Å²) in [6.45, 7) is 3.27. The van der Waals surface area contributed by atoms with Crippen LogP contribution < -0.4 is 11.1 Å². The second kappa shape index (κ2) is 6.02. The van der Waals surface area contributed by atoms with Crippen LogP contribution in [0, 0.1) is 5.92 Å². The van der Waals surface area contributed by atoms with E-state index in [4.69, 9.17) is 10.2 Å². The number of piperidine rings is 1. The molecule has 0 bridgehead atoms. The normalized spacial score (nSPS) is 17.9. The molecule has 1 saturated heterocycles. The Bertz CT molecular complexity index is 395. The van der Waals surface area contributed by atoms with Gasteiger partial charge in [0.15, 0.2) is 5.76 Å². The number of nitrogens with one attached hydrogen (secondary N) is 1. The zero-order valence-electron chi connectivity index (χ0n) is 10.8. The smallest absolute Gasteiger partial charge is 0.287 e. The van der Waals surface area contributed by atoms with Gasteiger partial charge in [0.25, 0.3) is 5.91 Å². The topological polar surface area (TPSA) is 71.5 Å². The fourth-order valence-corrected chi connectivity index (χ4v) is 2.20. The zero-order chi connectivity index (χ0) is 13.0. The molecule has 0 atom stereocenters. The molecule has 1 amide bonds. The number of carbonyl (C=O) groups excluding carboxylic acids is 1. The lowest BCUT2D eigenvalue weighted by atomic mass is 9.97. The second-order valence-corrected chi connectivity index (χ2v) is 4.93. The summed E-state index contributed by atoms with van der Waals surface area (Å²) in [4.78, 5) is 14.1. The summed E-state index contributed by atoms with van der Waals surface area (Å²) in [7, 11) is 2.13. The highest BCUT2D eigenvalue weighted by Crippen LogP contribution is 2.15. The van der Waals surface area contributed by atoms with Gasteiger partial charge in [-0.2, -0.15) is 0 Å². The Hall–Kier alpha value is -1.33. The Morgan fingerprint density at radius 2 is 2.22 bits per heavy atom. The number of nitrogens with two attached hydrogens (primary N) is 1. The summed E-state index contributed by atoms with van der Waals surface area (Å²) in [5, 5.41) is 2.93. The van der Waals surface area contributed by atoms with E-state index < -0.39 is 0 Å². The van der Waals surface area contributed by atoms with Crippen molar-refractivity contribution in [1.82, 2.24) is 10.2 Å². The highest BCUT2D eigenvalue weighted by atomic mass is 16.4. The molecule has 0 spiro atoms. The molecular formula is C13H21N3O2. The number of furan rings is 1. The Kier molecular flexibility index (Phi) is 4.38. The van der Waals surface area contributed by atoms with E-state index in [9.17, 15) is 4.79 Å². The van der Waals surface area contributed by atoms with Crippen molar-refractivity contribution in [3.63, 3.8) is 0 Å². The van der Waals surface area contributed by atoms with E-state index in [1.165, 1.54) is 0 Å². The van der Waals surface area contributed by atoms with Crippen molar-refractivity contribution < 1.29 is 9.21 Å². The van der Waals surface area contributed by atoms with E-state index in [2.05, 4.69) is 17.3 Å². The molecule has 0 aliphatic carbocycles. The first kappa shape index (κ1) is 13.1. The van der Waals surface area contributed by atoms with Crippen LogP contribution in [0.3, 0.4) is 0 Å². The van der Waals surface area contributed by atoms with Crippen molar-refractivity contribution in [2.75, 3.05) is 26.7 Å². The van der Waals surface area contributed by atoms with Gasteiger partial charge in [0.1, 0.15) is 5.76 Å². The lowest BCUT2D eigenvalue weighted by Gasteiger charge is -2.28. The summed E-state index contributed by atoms with van der Waals surface area (Å²) < 4.78 is 5.31. The summed E-state index contributed by atoms with van der Waals surface area (Å²) in [6, 6.07) is 3.41. The van der Waals surface area contributed by atoms with Crippen molar-refractivity contribution >= 4 is 5.91 Å². The molecule has 18 heavy (non-hydrogen) atoms. The molecule has 0 aromatic carbocycles. The highest BCUT2D eigenvalue weighted by Gasteiger charge is 2.18. The van der Waals surface area contributed by atoms with Gasteiger partial charge in [-0.15, -0.1) is 0 Å². The minimum Gasteiger partial charge on any atom is -0.455 e. The van der Waals surface area contributed by atoms with Crippen LogP contribution in [0.4, 0.5) is 0 Å². The maximum atomic E-state index is 11.8. The molecule has 1 aromatic rings. The summed E-state index contributed by atoms with van der Waals surface area (Å²) in [5.41, 5.74) is 5.44. The number of likely N-dealkylation sites (tertiary alicyclic amines) is 1. The molecule has 1 aliphatic heterocycles. The average Bonchev–Trinajstić information content (AvgIpc) is 2.86. The molecule has 2 heterocycles. The first-order chi connectivity index (χ1) is 8.69. The van der Waals surface area contributed by atoms with Crippen LogP contribution in [-0.4, -0.2) is 37.5 Å². The van der Waals surface area contributed by atoms with Crippen molar-refractivity contribution in [1.29, 1.82) is 0 Å². The lowest BCUT2D eigenvalue weighted by Crippen LogP contribution is -2.36. The quantitative estimate of drug-likeness (QED) is 0.830. The van der Waals surface area contributed by atoms with Gasteiger partial charge in [0, 0.05) is 6.54 Å². The molecule has 0 saturated carbocycles. The van der Waals surface area contributed by atoms with E-state index in [0.29, 0.717) is 24.0 Å². The van der Waals surface area contributed by atoms with Gasteiger partial charge in [-0.3, -0.25) is 4.79 Å². The largest absolute Gasteiger partial charge is 0.455 e. The Morgan fingerprint density at radius 1 is 1.50 bits per heavy atom. The third-order valence-electron chi connectivity index (χ3n) is 3.48. The predicted octanol–water partition coefficient (Wildman–Crippen LogP) is 0.810. The monoisotopic (exact) mass is 251 g/mol. The molecule has 1 aromatic heterocycles. The van der Waals surface area contributed by atoms with E-state index in [0.717, 1.165) is 32.5 Å². The Labute approximate surface area is 107 Å². The van der Waals surface area contributed by atoms with Gasteiger partial charge in [-0.05, 0) is 51.0 Å². The van der Waals surface area contributed by atoms with Crippen molar-refractivity contribution in [3.8, 4) is 0 Å². The number of hydrogen-bond donors (Lipinski definition) is 2. The number of amides is 1. The summed E-state index contributed by atoms with van der Waals surface area (Å²) in [5.74, 6) is 1.42. The predicted molar refractivity (Wildman–Crippen MR) is 69.2 cm³/mol. The average molecular weight is 251 g/mol. The highest BCUT2D eigenvalue weighted by molar-refractivity contribution is 5.91. The minimum atomic E-state index is -0.145. The Morgan fingerprint density at radius 3 is 2.83 bits per heavy atom. The first-order valence-corrected chi connectivity index (χ1v) is 6.44. The van der Waals surface area contributed by atoms with Crippen LogP contribution in [0.25, 0.3) is 0 Å². The van der Waals surface area contributed by atoms with Crippen LogP contribution in [0.1, 0.15) is 29.2 Å². The van der Waals surface area contributed by atoms with Crippen LogP contribution >= 0.6 is 0 Å². The lowest BCUT2D eigenvalue weighted by molar-refractivity contribution is 0.0909. The molecule has 0 unspecified atom stereocenters. The van der Waals surface area contributed by atoms with Gasteiger partial charge >= 0.3 is 0 Å². The standard InChI is InChI=1S/C13H21N3O2/c1-16-6-4-10(5-7-16)9-15-13(17)12-3-2-11(8-14)18-12/h2-3,10H,4-9,14H2,1H3,(H,15,17). The van der Waals surface area contributed by atoms with Gasteiger partial charge in [-0.1, -0.05) is 0 Å². The molecular weight excluding hydrogens is 230 g/mol. The van der Waals surface area contributed by atoms with Gasteiger partial charge < -0.3 is 20.4 Å². The molecule has 2 rings (SSSR count). The zero-order valence-corrected chi connectivity index (χ0v) is 10.8. The fourth-order valence-electron chi connectivity index (χ4n) is 2.20. The SMILES string of the molecule is CN1CCC(CNC(=O)c2ccc(CN)o2)CC1. The van der Waals surface area contributed by atoms with E-state index >= 15 is 0 Å². The number of nitrogens with zero attached hydrogens (tertiary/aromatic N) is 1. The summed E-state index contributed by atoms with van der Waals surface area (Å²) >= 11 is 0. The van der Waals surface area contributed by atoms with E-state index in [-0.39, 0.29) is 5.91 Å². The molecule has 1 fully saturated rings. The maximum absolute atomic E-state index is 11.8. The van der Waals surface area contributed by atoms with Crippen LogP contribution in [-0.2, 0) is 6.54 Å². The second-order valence-electron chi connectivity index (χ2n) is 4.93. The van der Waals surface area contributed by atoms with E-state index in [1.807, 2.05) is 0 Å². The third-order valence-corrected chi connectivity index (χ3v) is 3.48. The molecule has 1 aliphatic rings. The van der Waals surface area contributed by atoms with Crippen LogP contribution in [0.15, 0.2) is 16.5 Å². The fraction of sp³-hybridized carbons (Fsp3) is 0.615. The third kappa shape index (κ3) is 3.34. The van der Waals surface area contributed by atoms with Crippen molar-refractivity contribution in [2.24, 2.45) is 11.7 Å². The van der Waals surface area contributed by atoms with Crippen molar-refractivity contribution in [2.45, 2.75) is 19.4 Å². The molecule has 5 heteroatoms. The summed E-state index contributed by atoms with van der Waals surface area (Å²) in [6.07, 6.45) is 2.28. The van der Waals surface area contributed by atoms with Crippen LogP contribution in [0.5, 0.6) is 0 Å². The van der Waals surface area contributed by atoms with E-state index in [1.54, 1.807) is 12.1 Å². The number of rotatable bonds is 4. The molecule has 3 N–H and O–H groups in total. The first-order valence-electron chi connectivity index (χ1n) is 6.44. The molecule has 100 valence electrons. The van der Waals surface area contributed by atoms with Gasteiger partial charge in [-0.25, -0.2) is 0 Å². The Balaban J connectivity index is 1.77.